The molecule has 0 aromatic heterocycles. The molecule has 0 aliphatic rings. The maximum absolute atomic E-state index is 5.89. The predicted octanol–water partition coefficient (Wildman–Crippen LogP) is 2.49. The molecule has 1 atom stereocenters. The Bertz CT molecular complexity index is 327. The molecule has 1 aromatic rings. The fourth-order valence-corrected chi connectivity index (χ4v) is 1.58. The minimum Gasteiger partial charge on any atom is -0.316 e. The van der Waals surface area contributed by atoms with Gasteiger partial charge in [0.25, 0.3) is 0 Å². The van der Waals surface area contributed by atoms with Crippen LogP contribution in [0.3, 0.4) is 0 Å². The summed E-state index contributed by atoms with van der Waals surface area (Å²) < 4.78 is 0. The van der Waals surface area contributed by atoms with E-state index in [1.54, 1.807) is 0 Å². The van der Waals surface area contributed by atoms with Crippen LogP contribution in [0.5, 0.6) is 0 Å². The molecule has 1 rings (SSSR count). The number of benzene rings is 1. The van der Waals surface area contributed by atoms with Gasteiger partial charge in [-0.1, -0.05) is 23.7 Å². The van der Waals surface area contributed by atoms with Gasteiger partial charge in [-0.15, -0.1) is 12.3 Å². The molecule has 0 aliphatic carbocycles. The molecule has 1 N–H and O–H groups in total. The summed E-state index contributed by atoms with van der Waals surface area (Å²) in [5.41, 5.74) is 1.21. The van der Waals surface area contributed by atoms with Crippen molar-refractivity contribution in [1.29, 1.82) is 0 Å². The Hall–Kier alpha value is -0.970. The van der Waals surface area contributed by atoms with Crippen LogP contribution < -0.4 is 5.32 Å². The quantitative estimate of drug-likeness (QED) is 0.749. The van der Waals surface area contributed by atoms with Crippen molar-refractivity contribution < 1.29 is 0 Å². The lowest BCUT2D eigenvalue weighted by Gasteiger charge is -2.12. The van der Waals surface area contributed by atoms with Crippen LogP contribution in [0, 0.1) is 12.3 Å². The average Bonchev–Trinajstić information content (AvgIpc) is 2.17. The summed E-state index contributed by atoms with van der Waals surface area (Å²) in [6.07, 6.45) is 6.93. The zero-order chi connectivity index (χ0) is 10.4. The number of hydrogen-bond acceptors (Lipinski definition) is 1. The van der Waals surface area contributed by atoms with Gasteiger partial charge in [-0.05, 0) is 31.2 Å². The van der Waals surface area contributed by atoms with E-state index in [1.165, 1.54) is 5.56 Å². The van der Waals surface area contributed by atoms with Crippen molar-refractivity contribution in [2.24, 2.45) is 0 Å². The topological polar surface area (TPSA) is 12.0 Å². The minimum absolute atomic E-state index is 0.332. The minimum atomic E-state index is 0.332. The van der Waals surface area contributed by atoms with E-state index in [9.17, 15) is 0 Å². The summed E-state index contributed by atoms with van der Waals surface area (Å²) in [5, 5.41) is 3.96. The van der Waals surface area contributed by atoms with Crippen LogP contribution >= 0.6 is 11.6 Å². The van der Waals surface area contributed by atoms with Crippen LogP contribution in [0.2, 0.25) is 5.02 Å². The molecule has 74 valence electrons. The SMILES string of the molecule is C#CCC(Cc1cccc(Cl)c1)NC. The van der Waals surface area contributed by atoms with Gasteiger partial charge in [0.15, 0.2) is 0 Å². The third-order valence-electron chi connectivity index (χ3n) is 2.14. The molecule has 0 bridgehead atoms. The number of rotatable bonds is 4. The average molecular weight is 208 g/mol. The van der Waals surface area contributed by atoms with Gasteiger partial charge in [-0.25, -0.2) is 0 Å². The lowest BCUT2D eigenvalue weighted by Crippen LogP contribution is -2.26. The van der Waals surface area contributed by atoms with Crippen molar-refractivity contribution in [1.82, 2.24) is 5.32 Å². The fraction of sp³-hybridized carbons (Fsp3) is 0.333. The molecule has 0 saturated carbocycles. The van der Waals surface area contributed by atoms with E-state index in [4.69, 9.17) is 18.0 Å². The first-order chi connectivity index (χ1) is 6.76. The van der Waals surface area contributed by atoms with Gasteiger partial charge in [0.1, 0.15) is 0 Å². The van der Waals surface area contributed by atoms with E-state index in [0.29, 0.717) is 6.04 Å². The van der Waals surface area contributed by atoms with Crippen LogP contribution in [0.25, 0.3) is 0 Å². The lowest BCUT2D eigenvalue weighted by atomic mass is 10.0. The molecular weight excluding hydrogens is 194 g/mol. The summed E-state index contributed by atoms with van der Waals surface area (Å²) >= 11 is 5.89. The highest BCUT2D eigenvalue weighted by Gasteiger charge is 2.05. The summed E-state index contributed by atoms with van der Waals surface area (Å²) in [5.74, 6) is 2.66. The molecular formula is C12H14ClN. The van der Waals surface area contributed by atoms with E-state index in [2.05, 4.69) is 17.3 Å². The first-order valence-electron chi connectivity index (χ1n) is 4.61. The van der Waals surface area contributed by atoms with Crippen molar-refractivity contribution in [3.8, 4) is 12.3 Å². The summed E-state index contributed by atoms with van der Waals surface area (Å²) in [4.78, 5) is 0. The van der Waals surface area contributed by atoms with Gasteiger partial charge >= 0.3 is 0 Å². The first kappa shape index (κ1) is 11.1. The summed E-state index contributed by atoms with van der Waals surface area (Å²) in [6.45, 7) is 0. The second kappa shape index (κ2) is 5.70. The Labute approximate surface area is 90.5 Å². The second-order valence-corrected chi connectivity index (χ2v) is 3.66. The smallest absolute Gasteiger partial charge is 0.0408 e. The molecule has 2 heteroatoms. The number of nitrogens with one attached hydrogen (secondary N) is 1. The number of hydrogen-bond donors (Lipinski definition) is 1. The zero-order valence-electron chi connectivity index (χ0n) is 8.26. The van der Waals surface area contributed by atoms with E-state index in [-0.39, 0.29) is 0 Å². The monoisotopic (exact) mass is 207 g/mol. The lowest BCUT2D eigenvalue weighted by molar-refractivity contribution is 0.573. The molecule has 1 unspecified atom stereocenters. The first-order valence-corrected chi connectivity index (χ1v) is 4.99. The molecule has 14 heavy (non-hydrogen) atoms. The standard InChI is InChI=1S/C12H14ClN/c1-3-5-12(14-2)9-10-6-4-7-11(13)8-10/h1,4,6-8,12,14H,5,9H2,2H3. The molecule has 0 amide bonds. The third-order valence-corrected chi connectivity index (χ3v) is 2.38. The molecule has 0 radical (unpaired) electrons. The maximum atomic E-state index is 5.89. The number of likely N-dealkylation sites (N-methyl/N-ethyl adjacent to an activating group) is 1. The molecule has 1 nitrogen and oxygen atoms in total. The summed E-state index contributed by atoms with van der Waals surface area (Å²) in [6, 6.07) is 8.20. The van der Waals surface area contributed by atoms with E-state index in [0.717, 1.165) is 17.9 Å². The van der Waals surface area contributed by atoms with Crippen molar-refractivity contribution in [2.45, 2.75) is 18.9 Å². The van der Waals surface area contributed by atoms with Crippen LogP contribution in [0.15, 0.2) is 24.3 Å². The highest BCUT2D eigenvalue weighted by atomic mass is 35.5. The number of halogens is 1. The Morgan fingerprint density at radius 1 is 1.57 bits per heavy atom. The van der Waals surface area contributed by atoms with Crippen LogP contribution in [-0.4, -0.2) is 13.1 Å². The molecule has 0 aliphatic heterocycles. The van der Waals surface area contributed by atoms with Gasteiger partial charge in [0.05, 0.1) is 0 Å². The Balaban J connectivity index is 2.63. The second-order valence-electron chi connectivity index (χ2n) is 3.23. The Morgan fingerprint density at radius 3 is 2.93 bits per heavy atom. The number of terminal acetylenes is 1. The fourth-order valence-electron chi connectivity index (χ4n) is 1.37. The van der Waals surface area contributed by atoms with Crippen molar-refractivity contribution in [3.05, 3.63) is 34.9 Å². The van der Waals surface area contributed by atoms with Crippen LogP contribution in [0.1, 0.15) is 12.0 Å². The molecule has 0 spiro atoms. The Kier molecular flexibility index (Phi) is 4.52. The molecule has 0 saturated heterocycles. The Morgan fingerprint density at radius 2 is 2.36 bits per heavy atom. The van der Waals surface area contributed by atoms with E-state index in [1.807, 2.05) is 25.2 Å². The highest BCUT2D eigenvalue weighted by Crippen LogP contribution is 2.12. The van der Waals surface area contributed by atoms with Crippen molar-refractivity contribution >= 4 is 11.6 Å². The van der Waals surface area contributed by atoms with Gasteiger partial charge < -0.3 is 5.32 Å². The van der Waals surface area contributed by atoms with Gasteiger partial charge in [-0.2, -0.15) is 0 Å². The largest absolute Gasteiger partial charge is 0.316 e. The van der Waals surface area contributed by atoms with Gasteiger partial charge in [-0.3, -0.25) is 0 Å². The highest BCUT2D eigenvalue weighted by molar-refractivity contribution is 6.30. The van der Waals surface area contributed by atoms with Crippen LogP contribution in [-0.2, 0) is 6.42 Å². The predicted molar refractivity (Wildman–Crippen MR) is 61.5 cm³/mol. The maximum Gasteiger partial charge on any atom is 0.0408 e. The van der Waals surface area contributed by atoms with E-state index >= 15 is 0 Å². The van der Waals surface area contributed by atoms with Gasteiger partial charge in [0, 0.05) is 17.5 Å². The summed E-state index contributed by atoms with van der Waals surface area (Å²) in [7, 11) is 1.92. The van der Waals surface area contributed by atoms with Gasteiger partial charge in [0.2, 0.25) is 0 Å². The molecule has 0 fully saturated rings. The third kappa shape index (κ3) is 3.41. The van der Waals surface area contributed by atoms with E-state index < -0.39 is 0 Å². The van der Waals surface area contributed by atoms with Crippen LogP contribution in [0.4, 0.5) is 0 Å². The molecule has 0 heterocycles. The van der Waals surface area contributed by atoms with Crippen molar-refractivity contribution in [3.63, 3.8) is 0 Å². The zero-order valence-corrected chi connectivity index (χ0v) is 9.01. The normalized spacial score (nSPS) is 12.1. The van der Waals surface area contributed by atoms with Crippen molar-refractivity contribution in [2.75, 3.05) is 7.05 Å². The molecule has 1 aromatic carbocycles.